The maximum atomic E-state index is 13.1. The summed E-state index contributed by atoms with van der Waals surface area (Å²) in [6.07, 6.45) is -2.60. The van der Waals surface area contributed by atoms with E-state index in [1.54, 1.807) is 0 Å². The van der Waals surface area contributed by atoms with Crippen LogP contribution in [0.5, 0.6) is 0 Å². The molecule has 1 aromatic carbocycles. The zero-order chi connectivity index (χ0) is 12.3. The molecular formula is C10H9BrF3NO. The first-order chi connectivity index (χ1) is 7.41. The van der Waals surface area contributed by atoms with Gasteiger partial charge in [0.1, 0.15) is 5.82 Å². The van der Waals surface area contributed by atoms with Gasteiger partial charge in [-0.3, -0.25) is 4.79 Å². The molecule has 2 nitrogen and oxygen atoms in total. The Morgan fingerprint density at radius 1 is 1.50 bits per heavy atom. The van der Waals surface area contributed by atoms with Crippen LogP contribution in [-0.4, -0.2) is 30.8 Å². The fourth-order valence-electron chi connectivity index (χ4n) is 1.14. The van der Waals surface area contributed by atoms with Crippen molar-refractivity contribution in [1.82, 2.24) is 4.90 Å². The van der Waals surface area contributed by atoms with Crippen LogP contribution in [0.3, 0.4) is 0 Å². The third-order valence-electron chi connectivity index (χ3n) is 1.93. The number of nitrogens with zero attached hydrogens (tertiary/aromatic N) is 1. The van der Waals surface area contributed by atoms with Crippen molar-refractivity contribution in [3.05, 3.63) is 34.1 Å². The molecule has 0 fully saturated rings. The molecule has 0 saturated heterocycles. The summed E-state index contributed by atoms with van der Waals surface area (Å²) >= 11 is 2.94. The summed E-state index contributed by atoms with van der Waals surface area (Å²) < 4.78 is 37.4. The van der Waals surface area contributed by atoms with Gasteiger partial charge >= 0.3 is 0 Å². The molecule has 0 bridgehead atoms. The van der Waals surface area contributed by atoms with Crippen LogP contribution in [0.2, 0.25) is 0 Å². The third kappa shape index (κ3) is 3.23. The Morgan fingerprint density at radius 3 is 2.62 bits per heavy atom. The van der Waals surface area contributed by atoms with Gasteiger partial charge in [0.05, 0.1) is 11.0 Å². The number of alkyl halides is 2. The van der Waals surface area contributed by atoms with Gasteiger partial charge < -0.3 is 4.90 Å². The monoisotopic (exact) mass is 295 g/mol. The highest BCUT2D eigenvalue weighted by atomic mass is 79.9. The maximum Gasteiger partial charge on any atom is 0.255 e. The Hall–Kier alpha value is -1.04. The van der Waals surface area contributed by atoms with E-state index in [4.69, 9.17) is 0 Å². The van der Waals surface area contributed by atoms with Crippen LogP contribution in [0, 0.1) is 5.82 Å². The number of benzene rings is 1. The Labute approximate surface area is 99.2 Å². The first-order valence-corrected chi connectivity index (χ1v) is 5.19. The van der Waals surface area contributed by atoms with Crippen LogP contribution in [-0.2, 0) is 0 Å². The van der Waals surface area contributed by atoms with Crippen LogP contribution in [0.1, 0.15) is 10.4 Å². The van der Waals surface area contributed by atoms with Gasteiger partial charge in [0.25, 0.3) is 12.3 Å². The zero-order valence-electron chi connectivity index (χ0n) is 8.38. The lowest BCUT2D eigenvalue weighted by atomic mass is 10.2. The van der Waals surface area contributed by atoms with Gasteiger partial charge in [-0.15, -0.1) is 0 Å². The molecule has 16 heavy (non-hydrogen) atoms. The predicted octanol–water partition coefficient (Wildman–Crippen LogP) is 2.93. The highest BCUT2D eigenvalue weighted by molar-refractivity contribution is 9.10. The highest BCUT2D eigenvalue weighted by Crippen LogP contribution is 2.17. The zero-order valence-corrected chi connectivity index (χ0v) is 9.97. The minimum absolute atomic E-state index is 0.0452. The number of carbonyl (C=O) groups is 1. The molecule has 0 N–H and O–H groups in total. The van der Waals surface area contributed by atoms with Gasteiger partial charge in [-0.25, -0.2) is 13.2 Å². The Kier molecular flexibility index (Phi) is 4.35. The van der Waals surface area contributed by atoms with Crippen molar-refractivity contribution in [1.29, 1.82) is 0 Å². The van der Waals surface area contributed by atoms with Gasteiger partial charge in [0.15, 0.2) is 0 Å². The smallest absolute Gasteiger partial charge is 0.255 e. The molecule has 88 valence electrons. The largest absolute Gasteiger partial charge is 0.336 e. The van der Waals surface area contributed by atoms with E-state index in [1.807, 2.05) is 0 Å². The van der Waals surface area contributed by atoms with E-state index in [1.165, 1.54) is 19.2 Å². The second-order valence-electron chi connectivity index (χ2n) is 3.21. The van der Waals surface area contributed by atoms with Crippen LogP contribution in [0.4, 0.5) is 13.2 Å². The number of hydrogen-bond acceptors (Lipinski definition) is 1. The van der Waals surface area contributed by atoms with E-state index in [0.717, 1.165) is 11.0 Å². The molecule has 0 aromatic heterocycles. The van der Waals surface area contributed by atoms with Gasteiger partial charge in [-0.05, 0) is 34.1 Å². The standard InChI is InChI=1S/C10H9BrF3NO/c1-15(5-9(13)14)10(16)6-2-3-7(11)8(12)4-6/h2-4,9H,5H2,1H3. The van der Waals surface area contributed by atoms with Crippen molar-refractivity contribution in [3.8, 4) is 0 Å². The van der Waals surface area contributed by atoms with Crippen molar-refractivity contribution in [2.24, 2.45) is 0 Å². The van der Waals surface area contributed by atoms with Crippen LogP contribution >= 0.6 is 15.9 Å². The average molecular weight is 296 g/mol. The molecule has 0 radical (unpaired) electrons. The predicted molar refractivity (Wildman–Crippen MR) is 57.1 cm³/mol. The molecule has 0 aliphatic rings. The molecule has 1 rings (SSSR count). The summed E-state index contributed by atoms with van der Waals surface area (Å²) in [7, 11) is 1.24. The fraction of sp³-hybridized carbons (Fsp3) is 0.300. The van der Waals surface area contributed by atoms with E-state index >= 15 is 0 Å². The quantitative estimate of drug-likeness (QED) is 0.840. The molecule has 0 heterocycles. The average Bonchev–Trinajstić information content (AvgIpc) is 2.20. The number of halogens is 4. The van der Waals surface area contributed by atoms with Gasteiger partial charge in [0, 0.05) is 12.6 Å². The van der Waals surface area contributed by atoms with Crippen molar-refractivity contribution < 1.29 is 18.0 Å². The Balaban J connectivity index is 2.84. The Morgan fingerprint density at radius 2 is 2.12 bits per heavy atom. The second-order valence-corrected chi connectivity index (χ2v) is 4.06. The number of hydrogen-bond donors (Lipinski definition) is 0. The molecule has 0 aliphatic carbocycles. The minimum Gasteiger partial charge on any atom is -0.336 e. The maximum absolute atomic E-state index is 13.1. The number of rotatable bonds is 3. The molecule has 0 aliphatic heterocycles. The van der Waals surface area contributed by atoms with Crippen molar-refractivity contribution >= 4 is 21.8 Å². The normalized spacial score (nSPS) is 10.6. The minimum atomic E-state index is -2.60. The van der Waals surface area contributed by atoms with Crippen molar-refractivity contribution in [2.45, 2.75) is 6.43 Å². The summed E-state index contributed by atoms with van der Waals surface area (Å²) in [5.41, 5.74) is 0.0452. The summed E-state index contributed by atoms with van der Waals surface area (Å²) in [5, 5.41) is 0. The summed E-state index contributed by atoms with van der Waals surface area (Å²) in [6, 6.07) is 3.74. The lowest BCUT2D eigenvalue weighted by Gasteiger charge is -2.16. The van der Waals surface area contributed by atoms with E-state index in [0.29, 0.717) is 0 Å². The van der Waals surface area contributed by atoms with Crippen LogP contribution < -0.4 is 0 Å². The molecule has 6 heteroatoms. The summed E-state index contributed by atoms with van der Waals surface area (Å²) in [6.45, 7) is -0.670. The first kappa shape index (κ1) is 13.0. The molecule has 1 amide bonds. The fourth-order valence-corrected chi connectivity index (χ4v) is 1.39. The lowest BCUT2D eigenvalue weighted by Crippen LogP contribution is -2.31. The van der Waals surface area contributed by atoms with Gasteiger partial charge in [0.2, 0.25) is 0 Å². The van der Waals surface area contributed by atoms with E-state index < -0.39 is 24.7 Å². The molecule has 1 aromatic rings. The highest BCUT2D eigenvalue weighted by Gasteiger charge is 2.16. The molecule has 0 atom stereocenters. The van der Waals surface area contributed by atoms with E-state index in [2.05, 4.69) is 15.9 Å². The van der Waals surface area contributed by atoms with E-state index in [9.17, 15) is 18.0 Å². The first-order valence-electron chi connectivity index (χ1n) is 4.40. The van der Waals surface area contributed by atoms with Crippen molar-refractivity contribution in [2.75, 3.05) is 13.6 Å². The SMILES string of the molecule is CN(CC(F)F)C(=O)c1ccc(Br)c(F)c1. The number of carbonyl (C=O) groups excluding carboxylic acids is 1. The molecule has 0 unspecified atom stereocenters. The third-order valence-corrected chi connectivity index (χ3v) is 2.57. The Bertz CT molecular complexity index is 398. The van der Waals surface area contributed by atoms with Crippen LogP contribution in [0.25, 0.3) is 0 Å². The molecule has 0 spiro atoms. The second kappa shape index (κ2) is 5.34. The van der Waals surface area contributed by atoms with Gasteiger partial charge in [-0.2, -0.15) is 0 Å². The summed E-state index contributed by atoms with van der Waals surface area (Å²) in [5.74, 6) is -1.23. The molecular weight excluding hydrogens is 287 g/mol. The summed E-state index contributed by atoms with van der Waals surface area (Å²) in [4.78, 5) is 12.4. The topological polar surface area (TPSA) is 20.3 Å². The lowest BCUT2D eigenvalue weighted by molar-refractivity contribution is 0.0620. The molecule has 0 saturated carbocycles. The van der Waals surface area contributed by atoms with Crippen LogP contribution in [0.15, 0.2) is 22.7 Å². The van der Waals surface area contributed by atoms with Gasteiger partial charge in [-0.1, -0.05) is 0 Å². The number of amides is 1. The van der Waals surface area contributed by atoms with Crippen molar-refractivity contribution in [3.63, 3.8) is 0 Å². The van der Waals surface area contributed by atoms with E-state index in [-0.39, 0.29) is 10.0 Å².